The predicted molar refractivity (Wildman–Crippen MR) is 71.5 cm³/mol. The van der Waals surface area contributed by atoms with Crippen LogP contribution >= 0.6 is 0 Å². The lowest BCUT2D eigenvalue weighted by molar-refractivity contribution is -0.389. The molecule has 0 aliphatic heterocycles. The highest BCUT2D eigenvalue weighted by molar-refractivity contribution is 5.34. The zero-order valence-corrected chi connectivity index (χ0v) is 10.9. The maximum absolute atomic E-state index is 10.5. The van der Waals surface area contributed by atoms with Crippen LogP contribution in [0, 0.1) is 21.4 Å². The summed E-state index contributed by atoms with van der Waals surface area (Å²) in [4.78, 5) is 13.5. The Morgan fingerprint density at radius 3 is 2.76 bits per heavy atom. The van der Waals surface area contributed by atoms with E-state index in [1.807, 2.05) is 6.07 Å². The first-order valence-electron chi connectivity index (χ1n) is 6.05. The van der Waals surface area contributed by atoms with Gasteiger partial charge in [0.15, 0.2) is 0 Å². The Kier molecular flexibility index (Phi) is 4.48. The lowest BCUT2D eigenvalue weighted by Crippen LogP contribution is -2.23. The van der Waals surface area contributed by atoms with Gasteiger partial charge < -0.3 is 24.5 Å². The van der Waals surface area contributed by atoms with E-state index in [9.17, 15) is 15.2 Å². The predicted octanol–water partition coefficient (Wildman–Crippen LogP) is 1.10. The number of nitriles is 1. The second-order valence-electron chi connectivity index (χ2n) is 4.29. The summed E-state index contributed by atoms with van der Waals surface area (Å²) < 4.78 is 6.79. The zero-order chi connectivity index (χ0) is 15.2. The molecule has 1 atom stereocenters. The Bertz CT molecular complexity index is 660. The van der Waals surface area contributed by atoms with E-state index in [0.29, 0.717) is 11.3 Å². The Morgan fingerprint density at radius 1 is 1.48 bits per heavy atom. The normalized spacial score (nSPS) is 11.6. The van der Waals surface area contributed by atoms with E-state index in [-0.39, 0.29) is 19.0 Å². The van der Waals surface area contributed by atoms with Gasteiger partial charge in [0.05, 0.1) is 18.2 Å². The van der Waals surface area contributed by atoms with Crippen molar-refractivity contribution in [3.05, 3.63) is 52.5 Å². The van der Waals surface area contributed by atoms with E-state index in [2.05, 4.69) is 4.98 Å². The molecule has 0 amide bonds. The van der Waals surface area contributed by atoms with Gasteiger partial charge in [0.25, 0.3) is 0 Å². The highest BCUT2D eigenvalue weighted by Gasteiger charge is 2.13. The van der Waals surface area contributed by atoms with Crippen molar-refractivity contribution < 1.29 is 14.8 Å². The first-order valence-corrected chi connectivity index (χ1v) is 6.05. The number of hydrogen-bond donors (Lipinski definition) is 1. The Morgan fingerprint density at radius 2 is 2.19 bits per heavy atom. The number of nitro groups is 1. The molecule has 8 nitrogen and oxygen atoms in total. The van der Waals surface area contributed by atoms with Crippen LogP contribution < -0.4 is 4.74 Å². The van der Waals surface area contributed by atoms with Crippen molar-refractivity contribution in [2.75, 3.05) is 6.61 Å². The average Bonchev–Trinajstić information content (AvgIpc) is 2.94. The fraction of sp³-hybridized carbons (Fsp3) is 0.231. The average molecular weight is 288 g/mol. The number of hydrogen-bond acceptors (Lipinski definition) is 6. The van der Waals surface area contributed by atoms with Crippen LogP contribution in [-0.4, -0.2) is 32.3 Å². The number of aliphatic hydroxyl groups is 1. The summed E-state index contributed by atoms with van der Waals surface area (Å²) in [6, 6.07) is 8.48. The third-order valence-corrected chi connectivity index (χ3v) is 2.65. The maximum atomic E-state index is 10.5. The second-order valence-corrected chi connectivity index (χ2v) is 4.29. The summed E-state index contributed by atoms with van der Waals surface area (Å²) in [5.74, 6) is 0.264. The van der Waals surface area contributed by atoms with Crippen LogP contribution in [0.4, 0.5) is 5.82 Å². The lowest BCUT2D eigenvalue weighted by atomic mass is 10.2. The smallest absolute Gasteiger partial charge is 0.381 e. The summed E-state index contributed by atoms with van der Waals surface area (Å²) in [5.41, 5.74) is 0.522. The minimum Gasteiger partial charge on any atom is -0.491 e. The van der Waals surface area contributed by atoms with E-state index in [0.717, 1.165) is 0 Å². The largest absolute Gasteiger partial charge is 0.491 e. The topological polar surface area (TPSA) is 114 Å². The Hall–Kier alpha value is -2.92. The number of ether oxygens (including phenoxy) is 1. The Labute approximate surface area is 120 Å². The quantitative estimate of drug-likeness (QED) is 0.629. The second kappa shape index (κ2) is 6.49. The highest BCUT2D eigenvalue weighted by Crippen LogP contribution is 2.12. The molecule has 0 spiro atoms. The van der Waals surface area contributed by atoms with Crippen molar-refractivity contribution in [3.63, 3.8) is 0 Å². The van der Waals surface area contributed by atoms with Crippen LogP contribution in [0.3, 0.4) is 0 Å². The first kappa shape index (κ1) is 14.5. The lowest BCUT2D eigenvalue weighted by Gasteiger charge is -2.12. The van der Waals surface area contributed by atoms with Crippen LogP contribution in [0.15, 0.2) is 36.8 Å². The summed E-state index contributed by atoms with van der Waals surface area (Å²) in [6.07, 6.45) is 1.68. The van der Waals surface area contributed by atoms with Crippen molar-refractivity contribution in [2.24, 2.45) is 0 Å². The fourth-order valence-corrected chi connectivity index (χ4v) is 1.66. The third kappa shape index (κ3) is 4.02. The number of rotatable bonds is 6. The molecule has 0 radical (unpaired) electrons. The molecule has 0 saturated carbocycles. The minimum atomic E-state index is -0.838. The monoisotopic (exact) mass is 288 g/mol. The van der Waals surface area contributed by atoms with Crippen LogP contribution in [0.25, 0.3) is 0 Å². The van der Waals surface area contributed by atoms with Gasteiger partial charge in [-0.3, -0.25) is 0 Å². The molecule has 0 bridgehead atoms. The van der Waals surface area contributed by atoms with E-state index in [1.54, 1.807) is 24.3 Å². The van der Waals surface area contributed by atoms with Gasteiger partial charge >= 0.3 is 5.82 Å². The van der Waals surface area contributed by atoms with Crippen molar-refractivity contribution in [2.45, 2.75) is 12.6 Å². The molecule has 21 heavy (non-hydrogen) atoms. The standard InChI is InChI=1S/C13H12N4O4/c14-5-10-1-3-12(4-2-10)21-8-11(18)6-16-7-13(15-9-16)17(19)20/h1-4,7,9,11,18H,6,8H2. The summed E-state index contributed by atoms with van der Waals surface area (Å²) in [7, 11) is 0. The molecule has 1 unspecified atom stereocenters. The van der Waals surface area contributed by atoms with Gasteiger partial charge in [-0.2, -0.15) is 5.26 Å². The Balaban J connectivity index is 1.84. The molecule has 2 aromatic rings. The van der Waals surface area contributed by atoms with Crippen molar-refractivity contribution in [3.8, 4) is 11.8 Å². The van der Waals surface area contributed by atoms with Crippen molar-refractivity contribution >= 4 is 5.82 Å². The molecule has 1 aromatic heterocycles. The maximum Gasteiger partial charge on any atom is 0.381 e. The number of nitrogens with zero attached hydrogens (tertiary/aromatic N) is 4. The van der Waals surface area contributed by atoms with Gasteiger partial charge in [-0.05, 0) is 34.2 Å². The molecule has 1 heterocycles. The van der Waals surface area contributed by atoms with Gasteiger partial charge in [0, 0.05) is 0 Å². The number of benzene rings is 1. The molecule has 0 fully saturated rings. The summed E-state index contributed by atoms with van der Waals surface area (Å²) in [6.45, 7) is 0.162. The van der Waals surface area contributed by atoms with E-state index in [1.165, 1.54) is 17.1 Å². The molecule has 2 rings (SSSR count). The highest BCUT2D eigenvalue weighted by atomic mass is 16.6. The SMILES string of the molecule is N#Cc1ccc(OCC(O)Cn2cnc([N+](=O)[O-])c2)cc1. The van der Waals surface area contributed by atoms with Crippen LogP contribution in [0.2, 0.25) is 0 Å². The van der Waals surface area contributed by atoms with Crippen molar-refractivity contribution in [1.82, 2.24) is 9.55 Å². The van der Waals surface area contributed by atoms with E-state index >= 15 is 0 Å². The fourth-order valence-electron chi connectivity index (χ4n) is 1.66. The molecule has 1 aromatic carbocycles. The first-order chi connectivity index (χ1) is 10.1. The minimum absolute atomic E-state index is 0.0257. The van der Waals surface area contributed by atoms with Gasteiger partial charge in [0.2, 0.25) is 6.33 Å². The van der Waals surface area contributed by atoms with Crippen molar-refractivity contribution in [1.29, 1.82) is 5.26 Å². The van der Waals surface area contributed by atoms with Crippen LogP contribution in [0.5, 0.6) is 5.75 Å². The van der Waals surface area contributed by atoms with Crippen LogP contribution in [-0.2, 0) is 6.54 Å². The number of aromatic nitrogens is 2. The van der Waals surface area contributed by atoms with Gasteiger partial charge in [-0.25, -0.2) is 0 Å². The third-order valence-electron chi connectivity index (χ3n) is 2.65. The molecule has 1 N–H and O–H groups in total. The summed E-state index contributed by atoms with van der Waals surface area (Å²) in [5, 5.41) is 29.0. The zero-order valence-electron chi connectivity index (χ0n) is 10.9. The molecule has 108 valence electrons. The number of imidazole rings is 1. The number of aliphatic hydroxyl groups excluding tert-OH is 1. The molecular formula is C13H12N4O4. The molecule has 0 aliphatic carbocycles. The molecular weight excluding hydrogens is 276 g/mol. The van der Waals surface area contributed by atoms with Gasteiger partial charge in [-0.15, -0.1) is 0 Å². The van der Waals surface area contributed by atoms with Gasteiger partial charge in [0.1, 0.15) is 24.7 Å². The van der Waals surface area contributed by atoms with E-state index in [4.69, 9.17) is 10.00 Å². The van der Waals surface area contributed by atoms with Crippen LogP contribution in [0.1, 0.15) is 5.56 Å². The molecule has 8 heteroatoms. The van der Waals surface area contributed by atoms with Gasteiger partial charge in [-0.1, -0.05) is 0 Å². The molecule has 0 saturated heterocycles. The van der Waals surface area contributed by atoms with E-state index < -0.39 is 11.0 Å². The molecule has 0 aliphatic rings. The summed E-state index contributed by atoms with van der Waals surface area (Å²) >= 11 is 0.